The van der Waals surface area contributed by atoms with Crippen molar-refractivity contribution < 1.29 is 24.6 Å². The van der Waals surface area contributed by atoms with Gasteiger partial charge in [-0.1, -0.05) is 12.1 Å². The van der Waals surface area contributed by atoms with E-state index in [2.05, 4.69) is 10.6 Å². The predicted octanol–water partition coefficient (Wildman–Crippen LogP) is 0.284. The van der Waals surface area contributed by atoms with Crippen LogP contribution in [0.5, 0.6) is 5.75 Å². The highest BCUT2D eigenvalue weighted by Gasteiger charge is 2.64. The molecule has 2 heterocycles. The number of rotatable bonds is 5. The van der Waals surface area contributed by atoms with E-state index in [4.69, 9.17) is 0 Å². The fourth-order valence-electron chi connectivity index (χ4n) is 3.50. The molecule has 4 N–H and O–H groups in total. The number of aliphatic carboxylic acids is 1. The first kappa shape index (κ1) is 18.5. The number of carbonyl (C=O) groups is 3. The van der Waals surface area contributed by atoms with Crippen LogP contribution in [0.2, 0.25) is 0 Å². The summed E-state index contributed by atoms with van der Waals surface area (Å²) in [5.74, 6) is -1.71. The highest BCUT2D eigenvalue weighted by Crippen LogP contribution is 2.50. The van der Waals surface area contributed by atoms with Crippen LogP contribution < -0.4 is 10.6 Å². The van der Waals surface area contributed by atoms with Gasteiger partial charge in [-0.15, -0.1) is 11.8 Å². The number of carboxylic acids is 1. The monoisotopic (exact) mass is 379 g/mol. The van der Waals surface area contributed by atoms with Crippen LogP contribution >= 0.6 is 11.8 Å². The minimum atomic E-state index is -1.04. The molecule has 140 valence electrons. The van der Waals surface area contributed by atoms with Crippen LogP contribution in [0.25, 0.3) is 0 Å². The lowest BCUT2D eigenvalue weighted by Crippen LogP contribution is -2.71. The van der Waals surface area contributed by atoms with Gasteiger partial charge in [0.2, 0.25) is 11.8 Å². The van der Waals surface area contributed by atoms with Crippen LogP contribution in [0, 0.1) is 0 Å². The fraction of sp³-hybridized carbons (Fsp3) is 0.471. The number of hydrogen-bond acceptors (Lipinski definition) is 6. The molecule has 0 bridgehead atoms. The van der Waals surface area contributed by atoms with E-state index >= 15 is 0 Å². The van der Waals surface area contributed by atoms with Crippen molar-refractivity contribution in [3.8, 4) is 5.75 Å². The molecule has 1 aromatic carbocycles. The van der Waals surface area contributed by atoms with Gasteiger partial charge in [0.1, 0.15) is 29.2 Å². The van der Waals surface area contributed by atoms with Crippen molar-refractivity contribution in [2.45, 2.75) is 42.1 Å². The predicted molar refractivity (Wildman–Crippen MR) is 95.6 cm³/mol. The Bertz CT molecular complexity index is 751. The summed E-state index contributed by atoms with van der Waals surface area (Å²) in [6.07, 6.45) is 0. The minimum Gasteiger partial charge on any atom is -0.508 e. The van der Waals surface area contributed by atoms with Crippen LogP contribution in [0.1, 0.15) is 25.5 Å². The van der Waals surface area contributed by atoms with Gasteiger partial charge < -0.3 is 25.7 Å². The maximum absolute atomic E-state index is 12.6. The van der Waals surface area contributed by atoms with Gasteiger partial charge in [0, 0.05) is 4.75 Å². The zero-order valence-corrected chi connectivity index (χ0v) is 15.4. The molecule has 0 aliphatic carbocycles. The number of hydrogen-bond donors (Lipinski definition) is 4. The number of nitrogens with one attached hydrogen (secondary N) is 2. The number of amides is 2. The number of nitrogens with zero attached hydrogens (tertiary/aromatic N) is 1. The van der Waals surface area contributed by atoms with E-state index in [1.807, 2.05) is 0 Å². The Balaban J connectivity index is 1.73. The molecule has 3 rings (SSSR count). The summed E-state index contributed by atoms with van der Waals surface area (Å²) in [5, 5.41) is 24.0. The summed E-state index contributed by atoms with van der Waals surface area (Å²) in [6.45, 7) is 3.57. The smallest absolute Gasteiger partial charge is 0.327 e. The molecule has 0 saturated carbocycles. The van der Waals surface area contributed by atoms with Crippen molar-refractivity contribution >= 4 is 29.5 Å². The normalized spacial score (nSPS) is 27.4. The van der Waals surface area contributed by atoms with Crippen molar-refractivity contribution in [1.29, 1.82) is 0 Å². The van der Waals surface area contributed by atoms with Gasteiger partial charge in [0.15, 0.2) is 0 Å². The maximum atomic E-state index is 12.6. The second-order valence-corrected chi connectivity index (χ2v) is 8.67. The van der Waals surface area contributed by atoms with Crippen molar-refractivity contribution in [2.75, 3.05) is 7.05 Å². The summed E-state index contributed by atoms with van der Waals surface area (Å²) in [6, 6.07) is 3.87. The molecule has 9 heteroatoms. The van der Waals surface area contributed by atoms with E-state index in [-0.39, 0.29) is 22.9 Å². The van der Waals surface area contributed by atoms with Gasteiger partial charge in [0.25, 0.3) is 0 Å². The topological polar surface area (TPSA) is 119 Å². The Morgan fingerprint density at radius 2 is 1.88 bits per heavy atom. The number of aromatic hydroxyl groups is 1. The number of carboxylic acid groups (broad SMARTS) is 1. The van der Waals surface area contributed by atoms with E-state index in [0.29, 0.717) is 5.56 Å². The zero-order chi connectivity index (χ0) is 19.2. The zero-order valence-electron chi connectivity index (χ0n) is 14.6. The Kier molecular flexibility index (Phi) is 4.61. The SMILES string of the molecule is CNC(C(=O)NC1C(=O)N2C1SC(C)(C)C2C(=O)O)c1ccc(O)cc1. The third-order valence-corrected chi connectivity index (χ3v) is 6.32. The first-order valence-corrected chi connectivity index (χ1v) is 9.04. The van der Waals surface area contributed by atoms with Crippen molar-refractivity contribution in [3.63, 3.8) is 0 Å². The largest absolute Gasteiger partial charge is 0.508 e. The third-order valence-electron chi connectivity index (χ3n) is 4.75. The summed E-state index contributed by atoms with van der Waals surface area (Å²) >= 11 is 1.38. The molecule has 2 aliphatic heterocycles. The summed E-state index contributed by atoms with van der Waals surface area (Å²) < 4.78 is -0.634. The summed E-state index contributed by atoms with van der Waals surface area (Å²) in [7, 11) is 1.62. The fourth-order valence-corrected chi connectivity index (χ4v) is 5.12. The molecule has 0 spiro atoms. The molecular weight excluding hydrogens is 358 g/mol. The van der Waals surface area contributed by atoms with Gasteiger partial charge >= 0.3 is 5.97 Å². The van der Waals surface area contributed by atoms with Gasteiger partial charge in [-0.3, -0.25) is 9.59 Å². The Morgan fingerprint density at radius 3 is 2.42 bits per heavy atom. The number of carbonyl (C=O) groups excluding carboxylic acids is 2. The van der Waals surface area contributed by atoms with E-state index in [1.54, 1.807) is 33.0 Å². The van der Waals surface area contributed by atoms with E-state index < -0.39 is 28.8 Å². The average molecular weight is 379 g/mol. The molecule has 2 aliphatic rings. The standard InChI is InChI=1S/C17H21N3O5S/c1-17(2)12(16(24)25)20-14(23)11(15(20)26-17)19-13(22)10(18-3)8-4-6-9(21)7-5-8/h4-7,10-12,15,18,21H,1-3H3,(H,19,22)(H,24,25). The van der Waals surface area contributed by atoms with E-state index in [9.17, 15) is 24.6 Å². The van der Waals surface area contributed by atoms with Crippen molar-refractivity contribution in [3.05, 3.63) is 29.8 Å². The summed E-state index contributed by atoms with van der Waals surface area (Å²) in [5.41, 5.74) is 0.647. The number of phenols is 1. The maximum Gasteiger partial charge on any atom is 0.327 e. The first-order valence-electron chi connectivity index (χ1n) is 8.16. The number of thioether (sulfide) groups is 1. The minimum absolute atomic E-state index is 0.0955. The number of phenolic OH excluding ortho intramolecular Hbond substituents is 1. The summed E-state index contributed by atoms with van der Waals surface area (Å²) in [4.78, 5) is 38.0. The first-order chi connectivity index (χ1) is 12.2. The van der Waals surface area contributed by atoms with E-state index in [0.717, 1.165) is 0 Å². The number of likely N-dealkylation sites (N-methyl/N-ethyl adjacent to an activating group) is 1. The van der Waals surface area contributed by atoms with Crippen LogP contribution in [0.3, 0.4) is 0 Å². The van der Waals surface area contributed by atoms with E-state index in [1.165, 1.54) is 28.8 Å². The van der Waals surface area contributed by atoms with Crippen LogP contribution in [-0.4, -0.2) is 62.1 Å². The second kappa shape index (κ2) is 6.48. The van der Waals surface area contributed by atoms with Gasteiger partial charge in [-0.2, -0.15) is 0 Å². The quantitative estimate of drug-likeness (QED) is 0.543. The third kappa shape index (κ3) is 2.90. The Labute approximate surface area is 154 Å². The molecule has 0 aromatic heterocycles. The molecular formula is C17H21N3O5S. The van der Waals surface area contributed by atoms with Crippen molar-refractivity contribution in [1.82, 2.24) is 15.5 Å². The van der Waals surface area contributed by atoms with Crippen LogP contribution in [0.4, 0.5) is 0 Å². The van der Waals surface area contributed by atoms with Gasteiger partial charge in [0.05, 0.1) is 0 Å². The number of fused-ring (bicyclic) bond motifs is 1. The number of β-lactam (4-membered cyclic amide) rings is 1. The average Bonchev–Trinajstić information content (AvgIpc) is 2.83. The lowest BCUT2D eigenvalue weighted by Gasteiger charge is -2.44. The lowest BCUT2D eigenvalue weighted by molar-refractivity contribution is -0.161. The highest BCUT2D eigenvalue weighted by molar-refractivity contribution is 8.01. The van der Waals surface area contributed by atoms with Crippen LogP contribution in [0.15, 0.2) is 24.3 Å². The molecule has 4 unspecified atom stereocenters. The van der Waals surface area contributed by atoms with Crippen molar-refractivity contribution in [2.24, 2.45) is 0 Å². The molecule has 0 radical (unpaired) electrons. The van der Waals surface area contributed by atoms with Gasteiger partial charge in [-0.05, 0) is 38.6 Å². The molecule has 8 nitrogen and oxygen atoms in total. The molecule has 4 atom stereocenters. The Morgan fingerprint density at radius 1 is 1.27 bits per heavy atom. The lowest BCUT2D eigenvalue weighted by atomic mass is 9.95. The number of benzene rings is 1. The second-order valence-electron chi connectivity index (χ2n) is 6.90. The highest BCUT2D eigenvalue weighted by atomic mass is 32.2. The Hall–Kier alpha value is -2.26. The molecule has 1 aromatic rings. The molecule has 2 amide bonds. The molecule has 2 saturated heterocycles. The molecule has 26 heavy (non-hydrogen) atoms. The van der Waals surface area contributed by atoms with Gasteiger partial charge in [-0.25, -0.2) is 4.79 Å². The molecule has 2 fully saturated rings. The van der Waals surface area contributed by atoms with Crippen LogP contribution in [-0.2, 0) is 14.4 Å².